The summed E-state index contributed by atoms with van der Waals surface area (Å²) in [5.41, 5.74) is 3.03. The van der Waals surface area contributed by atoms with E-state index < -0.39 is 0 Å². The van der Waals surface area contributed by atoms with Crippen LogP contribution < -0.4 is 0 Å². The van der Waals surface area contributed by atoms with Crippen molar-refractivity contribution in [2.45, 2.75) is 123 Å². The second-order valence-electron chi connectivity index (χ2n) is 9.58. The number of benzene rings is 2. The Morgan fingerprint density at radius 2 is 0.824 bits per heavy atom. The van der Waals surface area contributed by atoms with E-state index in [9.17, 15) is 0 Å². The predicted octanol–water partition coefficient (Wildman–Crippen LogP) is 11.7. The fourth-order valence-corrected chi connectivity index (χ4v) is 9.96. The van der Waals surface area contributed by atoms with Gasteiger partial charge in [-0.15, -0.1) is 0 Å². The highest BCUT2D eigenvalue weighted by Crippen LogP contribution is 2.61. The number of fused-ring (bicyclic) bond motifs is 2. The topological polar surface area (TPSA) is 0 Å². The molecule has 2 aromatic rings. The summed E-state index contributed by atoms with van der Waals surface area (Å²) in [6, 6.07) is 14.4. The van der Waals surface area contributed by atoms with Gasteiger partial charge in [-0.3, -0.25) is 0 Å². The summed E-state index contributed by atoms with van der Waals surface area (Å²) in [6.07, 6.45) is 18.9. The lowest BCUT2D eigenvalue weighted by Crippen LogP contribution is -1.87. The highest BCUT2D eigenvalue weighted by molar-refractivity contribution is 8.30. The van der Waals surface area contributed by atoms with Crippen LogP contribution in [-0.2, 0) is 12.8 Å². The summed E-state index contributed by atoms with van der Waals surface area (Å²) in [6.45, 7) is 4.58. The first kappa shape index (κ1) is 26.6. The van der Waals surface area contributed by atoms with Crippen LogP contribution in [0.1, 0.15) is 102 Å². The fourth-order valence-electron chi connectivity index (χ4n) is 4.57. The van der Waals surface area contributed by atoms with Crippen LogP contribution in [0.2, 0.25) is 0 Å². The Labute approximate surface area is 225 Å². The van der Waals surface area contributed by atoms with Crippen molar-refractivity contribution in [1.29, 1.82) is 0 Å². The van der Waals surface area contributed by atoms with Crippen molar-refractivity contribution in [2.24, 2.45) is 0 Å². The second-order valence-corrected chi connectivity index (χ2v) is 14.3. The molecule has 0 unspecified atom stereocenters. The minimum absolute atomic E-state index is 1.23. The third-order valence-corrected chi connectivity index (χ3v) is 12.2. The zero-order valence-electron chi connectivity index (χ0n) is 21.0. The molecule has 0 nitrogen and oxygen atoms in total. The molecule has 0 saturated heterocycles. The van der Waals surface area contributed by atoms with Crippen molar-refractivity contribution in [3.05, 3.63) is 56.0 Å². The summed E-state index contributed by atoms with van der Waals surface area (Å²) in [5.74, 6) is 0. The number of aryl methyl sites for hydroxylation is 2. The molecule has 2 heterocycles. The van der Waals surface area contributed by atoms with Gasteiger partial charge in [-0.25, -0.2) is 0 Å². The van der Waals surface area contributed by atoms with Gasteiger partial charge in [-0.2, -0.15) is 0 Å². The van der Waals surface area contributed by atoms with E-state index in [1.807, 2.05) is 47.0 Å². The first-order valence-electron chi connectivity index (χ1n) is 13.5. The molecule has 4 heteroatoms. The Bertz CT molecular complexity index is 885. The van der Waals surface area contributed by atoms with E-state index in [0.717, 1.165) is 0 Å². The number of hydrogen-bond donors (Lipinski definition) is 0. The maximum Gasteiger partial charge on any atom is 0.0706 e. The van der Waals surface area contributed by atoms with Gasteiger partial charge in [0.1, 0.15) is 0 Å². The Kier molecular flexibility index (Phi) is 11.2. The second kappa shape index (κ2) is 14.4. The molecule has 0 radical (unpaired) electrons. The Balaban J connectivity index is 1.27. The van der Waals surface area contributed by atoms with Crippen molar-refractivity contribution in [3.63, 3.8) is 0 Å². The van der Waals surface area contributed by atoms with Gasteiger partial charge in [0.25, 0.3) is 0 Å². The quantitative estimate of drug-likeness (QED) is 0.223. The molecule has 2 aliphatic rings. The smallest absolute Gasteiger partial charge is 0.0706 e. The van der Waals surface area contributed by atoms with E-state index >= 15 is 0 Å². The van der Waals surface area contributed by atoms with E-state index in [1.165, 1.54) is 129 Å². The van der Waals surface area contributed by atoms with Gasteiger partial charge in [0.15, 0.2) is 0 Å². The van der Waals surface area contributed by atoms with E-state index in [0.29, 0.717) is 0 Å². The highest BCUT2D eigenvalue weighted by Gasteiger charge is 2.27. The minimum atomic E-state index is 1.23. The predicted molar refractivity (Wildman–Crippen MR) is 157 cm³/mol. The summed E-state index contributed by atoms with van der Waals surface area (Å²) in [4.78, 5) is 5.83. The molecule has 0 aliphatic carbocycles. The lowest BCUT2D eigenvalue weighted by atomic mass is 10.1. The maximum atomic E-state index is 2.46. The van der Waals surface area contributed by atoms with Gasteiger partial charge in [-0.1, -0.05) is 137 Å². The Hall–Kier alpha value is -0.420. The molecule has 0 bridgehead atoms. The highest BCUT2D eigenvalue weighted by atomic mass is 32.2. The van der Waals surface area contributed by atoms with Crippen LogP contribution in [-0.4, -0.2) is 0 Å². The van der Waals surface area contributed by atoms with Crippen LogP contribution in [0.4, 0.5) is 0 Å². The molecule has 34 heavy (non-hydrogen) atoms. The summed E-state index contributed by atoms with van der Waals surface area (Å²) in [5, 5.41) is 0. The minimum Gasteiger partial charge on any atom is -0.0798 e. The van der Waals surface area contributed by atoms with Gasteiger partial charge < -0.3 is 0 Å². The van der Waals surface area contributed by atoms with Crippen molar-refractivity contribution in [1.82, 2.24) is 0 Å². The normalized spacial score (nSPS) is 16.8. The molecule has 0 saturated carbocycles. The first-order chi connectivity index (χ1) is 16.8. The molecule has 0 atom stereocenters. The molecular formula is C30H40S4. The lowest BCUT2D eigenvalue weighted by Gasteiger charge is -2.04. The Morgan fingerprint density at radius 1 is 0.441 bits per heavy atom. The monoisotopic (exact) mass is 528 g/mol. The van der Waals surface area contributed by atoms with Crippen molar-refractivity contribution in [3.8, 4) is 0 Å². The third-order valence-electron chi connectivity index (χ3n) is 6.63. The molecule has 2 aliphatic heterocycles. The van der Waals surface area contributed by atoms with Crippen LogP contribution in [0, 0.1) is 0 Å². The van der Waals surface area contributed by atoms with E-state index in [1.54, 1.807) is 0 Å². The molecule has 184 valence electrons. The zero-order chi connectivity index (χ0) is 23.6. The average Bonchev–Trinajstić information content (AvgIpc) is 3.47. The fraction of sp³-hybridized carbons (Fsp3) is 0.533. The number of hydrogen-bond acceptors (Lipinski definition) is 4. The standard InChI is InChI=1S/C30H40S4/c1-3-5-7-9-11-13-15-23-17-19-25-27(21-23)33-29(31-25)30-32-26-20-18-24(22-28(26)34-30)16-14-12-10-8-6-4-2/h17-22H,3-16H2,1-2H3/b30-29+. The van der Waals surface area contributed by atoms with E-state index in [-0.39, 0.29) is 0 Å². The van der Waals surface area contributed by atoms with Gasteiger partial charge >= 0.3 is 0 Å². The average molecular weight is 529 g/mol. The van der Waals surface area contributed by atoms with Crippen LogP contribution in [0.15, 0.2) is 64.5 Å². The number of unbranched alkanes of at least 4 members (excludes halogenated alkanes) is 10. The molecule has 0 aromatic heterocycles. The number of thioether (sulfide) groups is 4. The van der Waals surface area contributed by atoms with Crippen molar-refractivity contribution < 1.29 is 0 Å². The lowest BCUT2D eigenvalue weighted by molar-refractivity contribution is 0.607. The maximum absolute atomic E-state index is 2.46. The molecule has 0 amide bonds. The molecule has 4 rings (SSSR count). The van der Waals surface area contributed by atoms with E-state index in [2.05, 4.69) is 50.2 Å². The summed E-state index contributed by atoms with van der Waals surface area (Å²) in [7, 11) is 0. The summed E-state index contributed by atoms with van der Waals surface area (Å²) >= 11 is 7.95. The van der Waals surface area contributed by atoms with Crippen LogP contribution >= 0.6 is 47.0 Å². The van der Waals surface area contributed by atoms with Crippen molar-refractivity contribution >= 4 is 47.0 Å². The van der Waals surface area contributed by atoms with Gasteiger partial charge in [-0.05, 0) is 61.1 Å². The van der Waals surface area contributed by atoms with Crippen LogP contribution in [0.25, 0.3) is 0 Å². The van der Waals surface area contributed by atoms with Crippen LogP contribution in [0.5, 0.6) is 0 Å². The van der Waals surface area contributed by atoms with Crippen molar-refractivity contribution in [2.75, 3.05) is 0 Å². The number of rotatable bonds is 14. The summed E-state index contributed by atoms with van der Waals surface area (Å²) < 4.78 is 2.96. The van der Waals surface area contributed by atoms with E-state index in [4.69, 9.17) is 0 Å². The molecule has 0 spiro atoms. The largest absolute Gasteiger partial charge is 0.0798 e. The van der Waals surface area contributed by atoms with Gasteiger partial charge in [0, 0.05) is 19.6 Å². The molecular weight excluding hydrogens is 489 g/mol. The molecule has 2 aromatic carbocycles. The van der Waals surface area contributed by atoms with Crippen LogP contribution in [0.3, 0.4) is 0 Å². The van der Waals surface area contributed by atoms with Gasteiger partial charge in [0.2, 0.25) is 0 Å². The SMILES string of the molecule is CCCCCCCCc1ccc2c(c1)S/C(=C1\Sc3ccc(CCCCCCCC)cc3S1)S2. The van der Waals surface area contributed by atoms with Gasteiger partial charge in [0.05, 0.1) is 8.47 Å². The zero-order valence-corrected chi connectivity index (χ0v) is 24.3. The third kappa shape index (κ3) is 7.79. The molecule has 0 fully saturated rings. The first-order valence-corrected chi connectivity index (χ1v) is 16.7. The Morgan fingerprint density at radius 3 is 1.26 bits per heavy atom. The molecule has 0 N–H and O–H groups in total.